The van der Waals surface area contributed by atoms with E-state index < -0.39 is 0 Å². The molecule has 1 saturated heterocycles. The number of hydrogen-bond acceptors (Lipinski definition) is 3. The Kier molecular flexibility index (Phi) is 7.51. The number of aliphatic hydroxyl groups excluding tert-OH is 1. The number of hydrogen-bond donors (Lipinski definition) is 1. The van der Waals surface area contributed by atoms with Crippen molar-refractivity contribution in [3.05, 3.63) is 0 Å². The molecule has 0 amide bonds. The van der Waals surface area contributed by atoms with Crippen LogP contribution in [0.1, 0.15) is 40.0 Å². The van der Waals surface area contributed by atoms with Crippen molar-refractivity contribution >= 4 is 5.78 Å². The summed E-state index contributed by atoms with van der Waals surface area (Å²) in [4.78, 5) is 14.0. The fourth-order valence-electron chi connectivity index (χ4n) is 1.90. The maximum Gasteiger partial charge on any atom is 0.152 e. The molecule has 1 aliphatic heterocycles. The van der Waals surface area contributed by atoms with Crippen LogP contribution in [0.15, 0.2) is 0 Å². The summed E-state index contributed by atoms with van der Waals surface area (Å²) >= 11 is 0. The molecule has 0 aromatic heterocycles. The van der Waals surface area contributed by atoms with E-state index in [0.29, 0.717) is 6.54 Å². The zero-order valence-electron chi connectivity index (χ0n) is 10.7. The first-order valence-electron chi connectivity index (χ1n) is 5.83. The molecular weight excluding hydrogens is 279 g/mol. The Bertz CT molecular complexity index is 226. The second-order valence-corrected chi connectivity index (χ2v) is 5.48. The van der Waals surface area contributed by atoms with Gasteiger partial charge in [-0.3, -0.25) is 9.69 Å². The predicted octanol–water partition coefficient (Wildman–Crippen LogP) is 1.45. The molecule has 1 radical (unpaired) electrons. The van der Waals surface area contributed by atoms with E-state index in [2.05, 4.69) is 4.90 Å². The van der Waals surface area contributed by atoms with Gasteiger partial charge >= 0.3 is 0 Å². The molecule has 1 heterocycles. The van der Waals surface area contributed by atoms with E-state index in [1.54, 1.807) is 0 Å². The summed E-state index contributed by atoms with van der Waals surface area (Å²) in [5.41, 5.74) is -0.266. The molecule has 0 aromatic carbocycles. The third-order valence-corrected chi connectivity index (χ3v) is 3.14. The van der Waals surface area contributed by atoms with Crippen molar-refractivity contribution in [1.82, 2.24) is 4.90 Å². The van der Waals surface area contributed by atoms with Gasteiger partial charge in [0.25, 0.3) is 0 Å². The molecule has 0 spiro atoms. The minimum atomic E-state index is -0.266. The molecule has 4 heteroatoms. The molecule has 1 N–H and O–H groups in total. The minimum absolute atomic E-state index is 0. The maximum atomic E-state index is 11.9. The van der Waals surface area contributed by atoms with Crippen LogP contribution in [0.3, 0.4) is 0 Å². The van der Waals surface area contributed by atoms with E-state index in [-0.39, 0.29) is 56.6 Å². The van der Waals surface area contributed by atoms with Crippen LogP contribution in [-0.4, -0.2) is 41.5 Å². The molecule has 0 saturated carbocycles. The summed E-state index contributed by atoms with van der Waals surface area (Å²) in [6, 6.07) is 0.199. The number of aliphatic hydroxyl groups is 1. The third kappa shape index (κ3) is 4.91. The number of nitrogens with zero attached hydrogens (tertiary/aromatic N) is 1. The summed E-state index contributed by atoms with van der Waals surface area (Å²) in [6.45, 7) is 7.48. The van der Waals surface area contributed by atoms with Gasteiger partial charge in [0.05, 0.1) is 13.2 Å². The Morgan fingerprint density at radius 2 is 2.00 bits per heavy atom. The first kappa shape index (κ1) is 16.7. The molecule has 91 valence electrons. The first-order valence-corrected chi connectivity index (χ1v) is 5.83. The number of rotatable bonds is 3. The Hall–Kier alpha value is 0.694. The maximum absolute atomic E-state index is 11.9. The summed E-state index contributed by atoms with van der Waals surface area (Å²) in [7, 11) is 0. The van der Waals surface area contributed by atoms with Gasteiger partial charge in [-0.05, 0) is 19.4 Å². The molecular formula is C12H23NO2Y. The number of piperidine rings is 1. The van der Waals surface area contributed by atoms with Crippen molar-refractivity contribution in [1.29, 1.82) is 0 Å². The average molecular weight is 302 g/mol. The summed E-state index contributed by atoms with van der Waals surface area (Å²) in [5, 5.41) is 9.22. The van der Waals surface area contributed by atoms with Crippen molar-refractivity contribution in [2.24, 2.45) is 5.41 Å². The van der Waals surface area contributed by atoms with Gasteiger partial charge in [0.2, 0.25) is 0 Å². The second-order valence-electron chi connectivity index (χ2n) is 5.48. The van der Waals surface area contributed by atoms with Crippen molar-refractivity contribution in [3.63, 3.8) is 0 Å². The molecule has 3 nitrogen and oxygen atoms in total. The van der Waals surface area contributed by atoms with Crippen LogP contribution in [0.5, 0.6) is 0 Å². The normalized spacial score (nSPS) is 22.6. The molecule has 1 aliphatic rings. The Labute approximate surface area is 124 Å². The zero-order chi connectivity index (χ0) is 11.5. The smallest absolute Gasteiger partial charge is 0.152 e. The molecule has 0 aromatic rings. The van der Waals surface area contributed by atoms with Gasteiger partial charge in [-0.15, -0.1) is 0 Å². The van der Waals surface area contributed by atoms with E-state index in [9.17, 15) is 9.90 Å². The van der Waals surface area contributed by atoms with Gasteiger partial charge in [0.15, 0.2) is 5.78 Å². The predicted molar refractivity (Wildman–Crippen MR) is 60.8 cm³/mol. The summed E-state index contributed by atoms with van der Waals surface area (Å²) in [6.07, 6.45) is 3.34. The van der Waals surface area contributed by atoms with Gasteiger partial charge in [0.1, 0.15) is 0 Å². The van der Waals surface area contributed by atoms with E-state index in [4.69, 9.17) is 0 Å². The van der Waals surface area contributed by atoms with Crippen LogP contribution < -0.4 is 0 Å². The topological polar surface area (TPSA) is 40.5 Å². The van der Waals surface area contributed by atoms with Crippen molar-refractivity contribution in [3.8, 4) is 0 Å². The fraction of sp³-hybridized carbons (Fsp3) is 0.917. The number of Topliss-reactive ketones (excluding diaryl/α,β-unsaturated/α-hetero) is 1. The van der Waals surface area contributed by atoms with E-state index >= 15 is 0 Å². The number of ketones is 1. The number of carbonyl (C=O) groups excluding carboxylic acids is 1. The quantitative estimate of drug-likeness (QED) is 0.858. The van der Waals surface area contributed by atoms with Gasteiger partial charge in [-0.2, -0.15) is 0 Å². The van der Waals surface area contributed by atoms with Crippen LogP contribution in [-0.2, 0) is 37.5 Å². The third-order valence-electron chi connectivity index (χ3n) is 3.14. The average Bonchev–Trinajstić information content (AvgIpc) is 2.17. The molecule has 0 aliphatic carbocycles. The molecule has 1 atom stereocenters. The van der Waals surface area contributed by atoms with Gasteiger partial charge < -0.3 is 5.11 Å². The van der Waals surface area contributed by atoms with Crippen LogP contribution in [0.25, 0.3) is 0 Å². The van der Waals surface area contributed by atoms with Crippen LogP contribution >= 0.6 is 0 Å². The van der Waals surface area contributed by atoms with Crippen molar-refractivity contribution in [2.45, 2.75) is 46.1 Å². The molecule has 1 fully saturated rings. The Morgan fingerprint density at radius 3 is 2.50 bits per heavy atom. The molecule has 16 heavy (non-hydrogen) atoms. The molecule has 0 bridgehead atoms. The monoisotopic (exact) mass is 302 g/mol. The Morgan fingerprint density at radius 1 is 1.38 bits per heavy atom. The van der Waals surface area contributed by atoms with E-state index in [0.717, 1.165) is 19.4 Å². The fourth-order valence-corrected chi connectivity index (χ4v) is 1.90. The summed E-state index contributed by atoms with van der Waals surface area (Å²) < 4.78 is 0. The van der Waals surface area contributed by atoms with Crippen molar-refractivity contribution < 1.29 is 42.6 Å². The van der Waals surface area contributed by atoms with E-state index in [1.807, 2.05) is 20.8 Å². The zero-order valence-corrected chi connectivity index (χ0v) is 13.5. The van der Waals surface area contributed by atoms with Gasteiger partial charge in [-0.25, -0.2) is 0 Å². The van der Waals surface area contributed by atoms with Crippen LogP contribution in [0.2, 0.25) is 0 Å². The van der Waals surface area contributed by atoms with Gasteiger partial charge in [-0.1, -0.05) is 27.2 Å². The number of likely N-dealkylation sites (tertiary alicyclic amines) is 1. The standard InChI is InChI=1S/C12H23NO2.Y/c1-12(2,3)11(15)8-13-7-5-4-6-10(13)9-14;/h10,14H,4-9H2,1-3H3;. The minimum Gasteiger partial charge on any atom is -0.395 e. The number of carbonyl (C=O) groups is 1. The Balaban J connectivity index is 0.00000225. The first-order chi connectivity index (χ1) is 6.95. The molecule has 1 unspecified atom stereocenters. The van der Waals surface area contributed by atoms with Crippen LogP contribution in [0, 0.1) is 5.41 Å². The SMILES string of the molecule is CC(C)(C)C(=O)CN1CCCCC1CO.[Y]. The van der Waals surface area contributed by atoms with Crippen LogP contribution in [0.4, 0.5) is 0 Å². The summed E-state index contributed by atoms with van der Waals surface area (Å²) in [5.74, 6) is 0.267. The van der Waals surface area contributed by atoms with Crippen molar-refractivity contribution in [2.75, 3.05) is 19.7 Å². The van der Waals surface area contributed by atoms with E-state index in [1.165, 1.54) is 6.42 Å². The van der Waals surface area contributed by atoms with Gasteiger partial charge in [0, 0.05) is 44.2 Å². The molecule has 1 rings (SSSR count). The second kappa shape index (κ2) is 7.20. The largest absolute Gasteiger partial charge is 0.395 e.